The Morgan fingerprint density at radius 2 is 1.89 bits per heavy atom. The molecule has 5 heteroatoms. The number of hydrogen-bond acceptors (Lipinski definition) is 3. The molecule has 100 valence electrons. The van der Waals surface area contributed by atoms with Crippen LogP contribution in [-0.2, 0) is 6.54 Å². The highest BCUT2D eigenvalue weighted by atomic mass is 16.2. The van der Waals surface area contributed by atoms with Gasteiger partial charge in [0.2, 0.25) is 0 Å². The second-order valence-corrected chi connectivity index (χ2v) is 5.08. The van der Waals surface area contributed by atoms with E-state index in [1.54, 1.807) is 12.1 Å². The van der Waals surface area contributed by atoms with Gasteiger partial charge in [0.15, 0.2) is 0 Å². The third-order valence-electron chi connectivity index (χ3n) is 3.79. The van der Waals surface area contributed by atoms with Crippen LogP contribution < -0.4 is 16.6 Å². The summed E-state index contributed by atoms with van der Waals surface area (Å²) in [6.45, 7) is 2.44. The number of fused-ring (bicyclic) bond motifs is 1. The predicted octanol–water partition coefficient (Wildman–Crippen LogP) is 0.689. The van der Waals surface area contributed by atoms with E-state index in [1.165, 1.54) is 4.57 Å². The summed E-state index contributed by atoms with van der Waals surface area (Å²) < 4.78 is 1.35. The number of piperidine rings is 1. The molecule has 0 spiro atoms. The van der Waals surface area contributed by atoms with Crippen LogP contribution in [0.15, 0.2) is 33.9 Å². The van der Waals surface area contributed by atoms with Gasteiger partial charge in [-0.15, -0.1) is 0 Å². The van der Waals surface area contributed by atoms with Crippen molar-refractivity contribution in [1.29, 1.82) is 0 Å². The Labute approximate surface area is 110 Å². The third-order valence-corrected chi connectivity index (χ3v) is 3.79. The number of nitrogens with zero attached hydrogens (tertiary/aromatic N) is 1. The highest BCUT2D eigenvalue weighted by molar-refractivity contribution is 5.76. The first kappa shape index (κ1) is 12.2. The molecule has 1 aliphatic rings. The van der Waals surface area contributed by atoms with Crippen LogP contribution in [0.3, 0.4) is 0 Å². The van der Waals surface area contributed by atoms with E-state index in [0.29, 0.717) is 23.4 Å². The third kappa shape index (κ3) is 2.33. The van der Waals surface area contributed by atoms with Gasteiger partial charge >= 0.3 is 5.69 Å². The minimum Gasteiger partial charge on any atom is -0.317 e. The Bertz CT molecular complexity index is 696. The fourth-order valence-corrected chi connectivity index (χ4v) is 2.69. The number of rotatable bonds is 2. The maximum Gasteiger partial charge on any atom is 0.328 e. The van der Waals surface area contributed by atoms with Gasteiger partial charge in [-0.05, 0) is 44.0 Å². The first-order valence-electron chi connectivity index (χ1n) is 6.68. The van der Waals surface area contributed by atoms with Crippen molar-refractivity contribution in [3.05, 3.63) is 45.1 Å². The normalized spacial score (nSPS) is 16.8. The van der Waals surface area contributed by atoms with Crippen LogP contribution in [0.5, 0.6) is 0 Å². The molecular formula is C14H17N3O2. The lowest BCUT2D eigenvalue weighted by atomic mass is 9.98. The Morgan fingerprint density at radius 3 is 2.68 bits per heavy atom. The summed E-state index contributed by atoms with van der Waals surface area (Å²) in [5.74, 6) is 0.404. The molecule has 3 rings (SSSR count). The quantitative estimate of drug-likeness (QED) is 0.834. The van der Waals surface area contributed by atoms with Gasteiger partial charge in [0.05, 0.1) is 10.9 Å². The van der Waals surface area contributed by atoms with Crippen molar-refractivity contribution in [2.45, 2.75) is 19.4 Å². The van der Waals surface area contributed by atoms with Gasteiger partial charge in [-0.1, -0.05) is 12.1 Å². The molecular weight excluding hydrogens is 242 g/mol. The molecule has 2 heterocycles. The van der Waals surface area contributed by atoms with Gasteiger partial charge < -0.3 is 10.3 Å². The predicted molar refractivity (Wildman–Crippen MR) is 74.4 cm³/mol. The van der Waals surface area contributed by atoms with E-state index in [4.69, 9.17) is 0 Å². The first-order valence-corrected chi connectivity index (χ1v) is 6.68. The standard InChI is InChI=1S/C14H17N3O2/c18-13-11-3-1-2-4-12(11)16-14(19)17(13)9-10-5-7-15-8-6-10/h1-4,10,15H,5-9H2,(H,16,19). The van der Waals surface area contributed by atoms with Gasteiger partial charge in [0.25, 0.3) is 5.56 Å². The van der Waals surface area contributed by atoms with E-state index < -0.39 is 0 Å². The topological polar surface area (TPSA) is 66.9 Å². The van der Waals surface area contributed by atoms with Gasteiger partial charge in [0.1, 0.15) is 0 Å². The summed E-state index contributed by atoms with van der Waals surface area (Å²) in [5, 5.41) is 3.87. The van der Waals surface area contributed by atoms with E-state index in [1.807, 2.05) is 12.1 Å². The van der Waals surface area contributed by atoms with Crippen molar-refractivity contribution in [2.75, 3.05) is 13.1 Å². The molecule has 5 nitrogen and oxygen atoms in total. The molecule has 1 aromatic heterocycles. The minimum absolute atomic E-state index is 0.183. The molecule has 0 unspecified atom stereocenters. The number of para-hydroxylation sites is 1. The zero-order valence-electron chi connectivity index (χ0n) is 10.7. The maximum atomic E-state index is 12.4. The van der Waals surface area contributed by atoms with Crippen molar-refractivity contribution in [2.24, 2.45) is 5.92 Å². The first-order chi connectivity index (χ1) is 9.25. The average molecular weight is 259 g/mol. The molecule has 1 aromatic carbocycles. The highest BCUT2D eigenvalue weighted by Gasteiger charge is 2.16. The van der Waals surface area contributed by atoms with Crippen LogP contribution >= 0.6 is 0 Å². The molecule has 0 radical (unpaired) electrons. The Hall–Kier alpha value is -1.88. The van der Waals surface area contributed by atoms with Crippen LogP contribution in [0, 0.1) is 5.92 Å². The summed E-state index contributed by atoms with van der Waals surface area (Å²) in [5.41, 5.74) is 0.124. The fourth-order valence-electron chi connectivity index (χ4n) is 2.69. The van der Waals surface area contributed by atoms with Crippen molar-refractivity contribution < 1.29 is 0 Å². The summed E-state index contributed by atoms with van der Waals surface area (Å²) in [6, 6.07) is 7.14. The van der Waals surface area contributed by atoms with Crippen LogP contribution in [0.1, 0.15) is 12.8 Å². The minimum atomic E-state index is -0.303. The van der Waals surface area contributed by atoms with Crippen molar-refractivity contribution >= 4 is 10.9 Å². The van der Waals surface area contributed by atoms with Crippen LogP contribution in [0.4, 0.5) is 0 Å². The number of aromatic amines is 1. The van der Waals surface area contributed by atoms with Crippen LogP contribution in [0.2, 0.25) is 0 Å². The van der Waals surface area contributed by atoms with E-state index in [-0.39, 0.29) is 11.2 Å². The summed E-state index contributed by atoms with van der Waals surface area (Å²) >= 11 is 0. The lowest BCUT2D eigenvalue weighted by molar-refractivity contribution is 0.325. The molecule has 1 fully saturated rings. The maximum absolute atomic E-state index is 12.4. The second-order valence-electron chi connectivity index (χ2n) is 5.08. The Balaban J connectivity index is 2.03. The lowest BCUT2D eigenvalue weighted by Crippen LogP contribution is -2.39. The molecule has 1 aliphatic heterocycles. The Morgan fingerprint density at radius 1 is 1.16 bits per heavy atom. The summed E-state index contributed by atoms with van der Waals surface area (Å²) in [4.78, 5) is 27.2. The molecule has 2 aromatic rings. The van der Waals surface area contributed by atoms with Crippen LogP contribution in [-0.4, -0.2) is 22.6 Å². The average Bonchev–Trinajstić information content (AvgIpc) is 2.45. The van der Waals surface area contributed by atoms with E-state index in [2.05, 4.69) is 10.3 Å². The van der Waals surface area contributed by atoms with Gasteiger partial charge in [0, 0.05) is 6.54 Å². The largest absolute Gasteiger partial charge is 0.328 e. The second kappa shape index (κ2) is 5.01. The van der Waals surface area contributed by atoms with Crippen molar-refractivity contribution in [3.8, 4) is 0 Å². The van der Waals surface area contributed by atoms with Crippen molar-refractivity contribution in [3.63, 3.8) is 0 Å². The van der Waals surface area contributed by atoms with E-state index in [0.717, 1.165) is 25.9 Å². The highest BCUT2D eigenvalue weighted by Crippen LogP contribution is 2.13. The molecule has 0 amide bonds. The number of nitrogens with one attached hydrogen (secondary N) is 2. The molecule has 2 N–H and O–H groups in total. The fraction of sp³-hybridized carbons (Fsp3) is 0.429. The van der Waals surface area contributed by atoms with Gasteiger partial charge in [-0.25, -0.2) is 4.79 Å². The monoisotopic (exact) mass is 259 g/mol. The summed E-state index contributed by atoms with van der Waals surface area (Å²) in [7, 11) is 0. The van der Waals surface area contributed by atoms with Gasteiger partial charge in [-0.2, -0.15) is 0 Å². The Kier molecular flexibility index (Phi) is 3.21. The molecule has 0 saturated carbocycles. The molecule has 19 heavy (non-hydrogen) atoms. The number of aromatic nitrogens is 2. The molecule has 0 bridgehead atoms. The SMILES string of the molecule is O=c1[nH]c2ccccc2c(=O)n1CC1CCNCC1. The smallest absolute Gasteiger partial charge is 0.317 e. The molecule has 1 saturated heterocycles. The molecule has 0 aliphatic carbocycles. The van der Waals surface area contributed by atoms with Crippen molar-refractivity contribution in [1.82, 2.24) is 14.9 Å². The lowest BCUT2D eigenvalue weighted by Gasteiger charge is -2.22. The van der Waals surface area contributed by atoms with E-state index in [9.17, 15) is 9.59 Å². The van der Waals surface area contributed by atoms with Crippen LogP contribution in [0.25, 0.3) is 10.9 Å². The zero-order chi connectivity index (χ0) is 13.2. The number of H-pyrrole nitrogens is 1. The summed E-state index contributed by atoms with van der Waals surface area (Å²) in [6.07, 6.45) is 2.03. The van der Waals surface area contributed by atoms with E-state index >= 15 is 0 Å². The zero-order valence-corrected chi connectivity index (χ0v) is 10.7. The van der Waals surface area contributed by atoms with Gasteiger partial charge in [-0.3, -0.25) is 9.36 Å². The number of benzene rings is 1. The molecule has 0 atom stereocenters. The number of hydrogen-bond donors (Lipinski definition) is 2.